The number of rotatable bonds is 4. The minimum atomic E-state index is 0.222. The van der Waals surface area contributed by atoms with E-state index >= 15 is 0 Å². The molecule has 4 heteroatoms. The molecule has 3 atom stereocenters. The number of nitrogens with zero attached hydrogens (tertiary/aromatic N) is 2. The normalized spacial score (nSPS) is 41.8. The molecule has 0 spiro atoms. The first-order chi connectivity index (χ1) is 9.18. The van der Waals surface area contributed by atoms with E-state index in [0.29, 0.717) is 12.0 Å². The third-order valence-electron chi connectivity index (χ3n) is 5.67. The molecule has 3 fully saturated rings. The van der Waals surface area contributed by atoms with Crippen molar-refractivity contribution in [1.29, 1.82) is 0 Å². The lowest BCUT2D eigenvalue weighted by Crippen LogP contribution is -2.60. The third-order valence-corrected chi connectivity index (χ3v) is 5.67. The Morgan fingerprint density at radius 1 is 1.26 bits per heavy atom. The Balaban J connectivity index is 1.68. The maximum Gasteiger partial charge on any atom is 0.0724 e. The van der Waals surface area contributed by atoms with E-state index in [9.17, 15) is 0 Å². The third kappa shape index (κ3) is 2.56. The fraction of sp³-hybridized carbons (Fsp3) is 1.00. The summed E-state index contributed by atoms with van der Waals surface area (Å²) in [5.74, 6) is 0.678. The van der Waals surface area contributed by atoms with E-state index in [1.54, 1.807) is 0 Å². The van der Waals surface area contributed by atoms with E-state index < -0.39 is 0 Å². The zero-order valence-electron chi connectivity index (χ0n) is 12.5. The fourth-order valence-electron chi connectivity index (χ4n) is 3.96. The van der Waals surface area contributed by atoms with Crippen LogP contribution in [0.15, 0.2) is 0 Å². The van der Waals surface area contributed by atoms with E-state index in [1.165, 1.54) is 45.3 Å². The highest BCUT2D eigenvalue weighted by Gasteiger charge is 2.47. The van der Waals surface area contributed by atoms with E-state index in [2.05, 4.69) is 16.7 Å². The molecule has 3 aliphatic rings. The summed E-state index contributed by atoms with van der Waals surface area (Å²) in [6.45, 7) is 7.78. The molecule has 1 aliphatic carbocycles. The Bertz CT molecular complexity index is 321. The molecular formula is C15H29N3O. The standard InChI is InChI=1S/C15H29N3O/c1-12-5-7-18(9-14(12)19-2)15(10-16)6-8-17(11-15)13-3-4-13/h12-14H,3-11,16H2,1-2H3. The molecule has 0 aromatic rings. The molecule has 2 aliphatic heterocycles. The SMILES string of the molecule is COC1CN(C2(CN)CCN(C3CC3)C2)CCC1C. The minimum Gasteiger partial charge on any atom is -0.380 e. The van der Waals surface area contributed by atoms with Crippen LogP contribution in [0.5, 0.6) is 0 Å². The van der Waals surface area contributed by atoms with Crippen molar-refractivity contribution in [2.24, 2.45) is 11.7 Å². The molecule has 3 rings (SSSR count). The number of nitrogens with two attached hydrogens (primary N) is 1. The average Bonchev–Trinajstić information content (AvgIpc) is 3.19. The van der Waals surface area contributed by atoms with Crippen molar-refractivity contribution in [1.82, 2.24) is 9.80 Å². The van der Waals surface area contributed by atoms with Gasteiger partial charge in [-0.2, -0.15) is 0 Å². The van der Waals surface area contributed by atoms with Crippen LogP contribution < -0.4 is 5.73 Å². The number of methoxy groups -OCH3 is 1. The Labute approximate surface area is 117 Å². The molecule has 3 unspecified atom stereocenters. The number of piperidine rings is 1. The van der Waals surface area contributed by atoms with E-state index in [-0.39, 0.29) is 5.54 Å². The van der Waals surface area contributed by atoms with Crippen molar-refractivity contribution in [2.75, 3.05) is 39.8 Å². The highest BCUT2D eigenvalue weighted by atomic mass is 16.5. The van der Waals surface area contributed by atoms with Crippen molar-refractivity contribution in [3.8, 4) is 0 Å². The van der Waals surface area contributed by atoms with Crippen LogP contribution in [0.2, 0.25) is 0 Å². The van der Waals surface area contributed by atoms with Crippen LogP contribution in [-0.4, -0.2) is 67.3 Å². The number of ether oxygens (including phenoxy) is 1. The first-order valence-electron chi connectivity index (χ1n) is 7.90. The molecular weight excluding hydrogens is 238 g/mol. The molecule has 0 bridgehead atoms. The first-order valence-corrected chi connectivity index (χ1v) is 7.90. The minimum absolute atomic E-state index is 0.222. The Hall–Kier alpha value is -0.160. The summed E-state index contributed by atoms with van der Waals surface area (Å²) in [5, 5.41) is 0. The molecule has 19 heavy (non-hydrogen) atoms. The van der Waals surface area contributed by atoms with Crippen LogP contribution in [0.3, 0.4) is 0 Å². The molecule has 0 amide bonds. The molecule has 0 aromatic heterocycles. The average molecular weight is 267 g/mol. The second kappa shape index (κ2) is 5.32. The predicted molar refractivity (Wildman–Crippen MR) is 77.1 cm³/mol. The van der Waals surface area contributed by atoms with Crippen molar-refractivity contribution in [2.45, 2.75) is 50.3 Å². The Kier molecular flexibility index (Phi) is 3.87. The summed E-state index contributed by atoms with van der Waals surface area (Å²) in [5.41, 5.74) is 6.42. The first kappa shape index (κ1) is 13.8. The van der Waals surface area contributed by atoms with Gasteiger partial charge in [0.15, 0.2) is 0 Å². The van der Waals surface area contributed by atoms with Crippen LogP contribution >= 0.6 is 0 Å². The van der Waals surface area contributed by atoms with Gasteiger partial charge in [-0.25, -0.2) is 0 Å². The topological polar surface area (TPSA) is 41.7 Å². The highest BCUT2D eigenvalue weighted by molar-refractivity contribution is 5.05. The maximum atomic E-state index is 6.19. The fourth-order valence-corrected chi connectivity index (χ4v) is 3.96. The van der Waals surface area contributed by atoms with Crippen LogP contribution in [-0.2, 0) is 4.74 Å². The Morgan fingerprint density at radius 3 is 2.68 bits per heavy atom. The monoisotopic (exact) mass is 267 g/mol. The van der Waals surface area contributed by atoms with Gasteiger partial charge in [0, 0.05) is 44.9 Å². The van der Waals surface area contributed by atoms with Gasteiger partial charge in [0.05, 0.1) is 6.10 Å². The molecule has 2 saturated heterocycles. The smallest absolute Gasteiger partial charge is 0.0724 e. The molecule has 0 aromatic carbocycles. The van der Waals surface area contributed by atoms with Crippen molar-refractivity contribution < 1.29 is 4.74 Å². The van der Waals surface area contributed by atoms with Crippen LogP contribution in [0.1, 0.15) is 32.6 Å². The quantitative estimate of drug-likeness (QED) is 0.822. The number of hydrogen-bond acceptors (Lipinski definition) is 4. The van der Waals surface area contributed by atoms with Crippen molar-refractivity contribution in [3.63, 3.8) is 0 Å². The molecule has 4 nitrogen and oxygen atoms in total. The zero-order valence-corrected chi connectivity index (χ0v) is 12.5. The highest BCUT2D eigenvalue weighted by Crippen LogP contribution is 2.37. The summed E-state index contributed by atoms with van der Waals surface area (Å²) in [4.78, 5) is 5.32. The van der Waals surface area contributed by atoms with E-state index in [4.69, 9.17) is 10.5 Å². The summed E-state index contributed by atoms with van der Waals surface area (Å²) in [6, 6.07) is 0.871. The van der Waals surface area contributed by atoms with E-state index in [1.807, 2.05) is 7.11 Å². The van der Waals surface area contributed by atoms with Crippen molar-refractivity contribution in [3.05, 3.63) is 0 Å². The van der Waals surface area contributed by atoms with Gasteiger partial charge in [0.2, 0.25) is 0 Å². The maximum absolute atomic E-state index is 6.19. The van der Waals surface area contributed by atoms with Gasteiger partial charge in [-0.3, -0.25) is 9.80 Å². The van der Waals surface area contributed by atoms with Gasteiger partial charge in [-0.15, -0.1) is 0 Å². The van der Waals surface area contributed by atoms with E-state index in [0.717, 1.165) is 19.1 Å². The number of likely N-dealkylation sites (tertiary alicyclic amines) is 2. The lowest BCUT2D eigenvalue weighted by Gasteiger charge is -2.46. The second-order valence-corrected chi connectivity index (χ2v) is 6.87. The van der Waals surface area contributed by atoms with Gasteiger partial charge in [-0.05, 0) is 38.1 Å². The Morgan fingerprint density at radius 2 is 2.05 bits per heavy atom. The lowest BCUT2D eigenvalue weighted by molar-refractivity contribution is -0.0421. The van der Waals surface area contributed by atoms with Crippen LogP contribution in [0.25, 0.3) is 0 Å². The molecule has 0 radical (unpaired) electrons. The zero-order chi connectivity index (χ0) is 13.5. The van der Waals surface area contributed by atoms with Crippen LogP contribution in [0.4, 0.5) is 0 Å². The summed E-state index contributed by atoms with van der Waals surface area (Å²) in [6.07, 6.45) is 5.66. The van der Waals surface area contributed by atoms with Gasteiger partial charge >= 0.3 is 0 Å². The molecule has 1 saturated carbocycles. The van der Waals surface area contributed by atoms with Gasteiger partial charge in [-0.1, -0.05) is 6.92 Å². The summed E-state index contributed by atoms with van der Waals surface area (Å²) < 4.78 is 5.67. The molecule has 2 N–H and O–H groups in total. The molecule has 110 valence electrons. The van der Waals surface area contributed by atoms with Gasteiger partial charge in [0.1, 0.15) is 0 Å². The second-order valence-electron chi connectivity index (χ2n) is 6.87. The van der Waals surface area contributed by atoms with Gasteiger partial charge in [0.25, 0.3) is 0 Å². The summed E-state index contributed by atoms with van der Waals surface area (Å²) >= 11 is 0. The van der Waals surface area contributed by atoms with Crippen LogP contribution in [0, 0.1) is 5.92 Å². The predicted octanol–water partition coefficient (Wildman–Crippen LogP) is 0.909. The summed E-state index contributed by atoms with van der Waals surface area (Å²) in [7, 11) is 1.85. The largest absolute Gasteiger partial charge is 0.380 e. The number of hydrogen-bond donors (Lipinski definition) is 1. The van der Waals surface area contributed by atoms with Gasteiger partial charge < -0.3 is 10.5 Å². The van der Waals surface area contributed by atoms with Crippen molar-refractivity contribution >= 4 is 0 Å². The lowest BCUT2D eigenvalue weighted by atomic mass is 9.88. The molecule has 2 heterocycles.